The molecule has 18 heavy (non-hydrogen) atoms. The van der Waals surface area contributed by atoms with Crippen LogP contribution in [0.4, 0.5) is 0 Å². The number of hydrogen-bond acceptors (Lipinski definition) is 5. The molecule has 0 saturated heterocycles. The van der Waals surface area contributed by atoms with Crippen LogP contribution in [-0.2, 0) is 13.6 Å². The lowest BCUT2D eigenvalue weighted by Gasteiger charge is -2.06. The third-order valence-corrected chi connectivity index (χ3v) is 3.52. The maximum Gasteiger partial charge on any atom is 0.339 e. The van der Waals surface area contributed by atoms with Gasteiger partial charge >= 0.3 is 5.97 Å². The van der Waals surface area contributed by atoms with E-state index in [4.69, 9.17) is 10.2 Å². The Balaban J connectivity index is 2.27. The molecule has 1 aromatic heterocycles. The Hall–Kier alpha value is -1.05. The van der Waals surface area contributed by atoms with Crippen LogP contribution in [0.15, 0.2) is 6.20 Å². The van der Waals surface area contributed by atoms with E-state index < -0.39 is 5.97 Å². The Morgan fingerprint density at radius 2 is 2.33 bits per heavy atom. The second-order valence-electron chi connectivity index (χ2n) is 3.80. The van der Waals surface area contributed by atoms with E-state index in [2.05, 4.69) is 10.4 Å². The van der Waals surface area contributed by atoms with Gasteiger partial charge in [0.2, 0.25) is 0 Å². The smallest absolute Gasteiger partial charge is 0.339 e. The highest BCUT2D eigenvalue weighted by atomic mass is 32.2. The van der Waals surface area contributed by atoms with E-state index in [1.54, 1.807) is 23.5 Å². The van der Waals surface area contributed by atoms with Crippen LogP contribution in [0.2, 0.25) is 0 Å². The zero-order valence-electron chi connectivity index (χ0n) is 10.4. The summed E-state index contributed by atoms with van der Waals surface area (Å²) in [7, 11) is 1.74. The quantitative estimate of drug-likeness (QED) is 0.562. The molecule has 0 unspecified atom stereocenters. The van der Waals surface area contributed by atoms with Gasteiger partial charge in [0.1, 0.15) is 5.56 Å². The fraction of sp³-hybridized carbons (Fsp3) is 0.636. The van der Waals surface area contributed by atoms with Gasteiger partial charge in [-0.15, -0.1) is 0 Å². The van der Waals surface area contributed by atoms with Gasteiger partial charge in [0, 0.05) is 32.5 Å². The Morgan fingerprint density at radius 1 is 1.56 bits per heavy atom. The number of aromatic carboxylic acids is 1. The second kappa shape index (κ2) is 8.12. The molecule has 1 heterocycles. The zero-order chi connectivity index (χ0) is 13.4. The predicted octanol–water partition coefficient (Wildman–Crippen LogP) is 0.324. The summed E-state index contributed by atoms with van der Waals surface area (Å²) in [6.45, 7) is 1.54. The number of rotatable bonds is 9. The molecule has 0 amide bonds. The van der Waals surface area contributed by atoms with Crippen molar-refractivity contribution in [1.82, 2.24) is 15.1 Å². The van der Waals surface area contributed by atoms with Crippen molar-refractivity contribution < 1.29 is 15.0 Å². The minimum absolute atomic E-state index is 0.234. The number of nitrogens with zero attached hydrogens (tertiary/aromatic N) is 2. The maximum absolute atomic E-state index is 10.9. The molecule has 3 N–H and O–H groups in total. The first-order valence-corrected chi connectivity index (χ1v) is 6.95. The van der Waals surface area contributed by atoms with Gasteiger partial charge in [0.05, 0.1) is 11.9 Å². The van der Waals surface area contributed by atoms with Crippen LogP contribution in [-0.4, -0.2) is 50.6 Å². The van der Waals surface area contributed by atoms with Crippen molar-refractivity contribution in [3.05, 3.63) is 17.5 Å². The molecule has 0 bridgehead atoms. The molecule has 6 nitrogen and oxygen atoms in total. The van der Waals surface area contributed by atoms with E-state index in [0.717, 1.165) is 24.5 Å². The molecule has 0 saturated carbocycles. The Kier molecular flexibility index (Phi) is 6.77. The second-order valence-corrected chi connectivity index (χ2v) is 5.02. The third kappa shape index (κ3) is 4.67. The highest BCUT2D eigenvalue weighted by molar-refractivity contribution is 7.99. The molecule has 0 aliphatic carbocycles. The third-order valence-electron chi connectivity index (χ3n) is 2.45. The molecule has 102 valence electrons. The van der Waals surface area contributed by atoms with E-state index >= 15 is 0 Å². The molecule has 1 aromatic rings. The van der Waals surface area contributed by atoms with Crippen LogP contribution >= 0.6 is 11.8 Å². The fourth-order valence-electron chi connectivity index (χ4n) is 1.47. The van der Waals surface area contributed by atoms with E-state index in [0.29, 0.717) is 12.2 Å². The van der Waals surface area contributed by atoms with Crippen molar-refractivity contribution in [3.63, 3.8) is 0 Å². The molecule has 0 radical (unpaired) electrons. The number of carbonyl (C=O) groups is 1. The minimum Gasteiger partial charge on any atom is -0.478 e. The van der Waals surface area contributed by atoms with Gasteiger partial charge < -0.3 is 15.5 Å². The summed E-state index contributed by atoms with van der Waals surface area (Å²) in [5.41, 5.74) is 0.931. The molecule has 0 spiro atoms. The Bertz CT molecular complexity index is 382. The summed E-state index contributed by atoms with van der Waals surface area (Å²) in [6, 6.07) is 0. The summed E-state index contributed by atoms with van der Waals surface area (Å²) >= 11 is 1.77. The van der Waals surface area contributed by atoms with Gasteiger partial charge in [0.15, 0.2) is 0 Å². The average Bonchev–Trinajstić information content (AvgIpc) is 2.70. The highest BCUT2D eigenvalue weighted by Gasteiger charge is 2.13. The van der Waals surface area contributed by atoms with E-state index in [9.17, 15) is 4.79 Å². The molecule has 0 aromatic carbocycles. The number of thioether (sulfide) groups is 1. The SMILES string of the molecule is Cn1ncc(C(=O)O)c1CNCCSCCCO. The highest BCUT2D eigenvalue weighted by Crippen LogP contribution is 2.07. The molecule has 7 heteroatoms. The normalized spacial score (nSPS) is 10.8. The van der Waals surface area contributed by atoms with E-state index in [-0.39, 0.29) is 12.2 Å². The average molecular weight is 273 g/mol. The van der Waals surface area contributed by atoms with Crippen LogP contribution < -0.4 is 5.32 Å². The summed E-state index contributed by atoms with van der Waals surface area (Å²) in [6.07, 6.45) is 2.19. The lowest BCUT2D eigenvalue weighted by molar-refractivity contribution is 0.0695. The van der Waals surface area contributed by atoms with Gasteiger partial charge in [-0.05, 0) is 12.2 Å². The van der Waals surface area contributed by atoms with Crippen molar-refractivity contribution in [2.75, 3.05) is 24.7 Å². The van der Waals surface area contributed by atoms with Crippen LogP contribution in [0.25, 0.3) is 0 Å². The number of nitrogens with one attached hydrogen (secondary N) is 1. The van der Waals surface area contributed by atoms with Gasteiger partial charge in [-0.1, -0.05) is 0 Å². The lowest BCUT2D eigenvalue weighted by atomic mass is 10.2. The van der Waals surface area contributed by atoms with Crippen LogP contribution in [0.3, 0.4) is 0 Å². The van der Waals surface area contributed by atoms with Gasteiger partial charge in [-0.25, -0.2) is 4.79 Å². The van der Waals surface area contributed by atoms with Crippen LogP contribution in [0, 0.1) is 0 Å². The van der Waals surface area contributed by atoms with Crippen LogP contribution in [0.5, 0.6) is 0 Å². The molecule has 0 aliphatic rings. The van der Waals surface area contributed by atoms with Gasteiger partial charge in [-0.3, -0.25) is 4.68 Å². The number of carboxylic acids is 1. The Morgan fingerprint density at radius 3 is 3.00 bits per heavy atom. The predicted molar refractivity (Wildman–Crippen MR) is 70.9 cm³/mol. The molecular formula is C11H19N3O3S. The number of aryl methyl sites for hydroxylation is 1. The lowest BCUT2D eigenvalue weighted by Crippen LogP contribution is -2.20. The fourth-order valence-corrected chi connectivity index (χ4v) is 2.30. The van der Waals surface area contributed by atoms with Crippen molar-refractivity contribution in [2.45, 2.75) is 13.0 Å². The number of aliphatic hydroxyl groups excluding tert-OH is 1. The van der Waals surface area contributed by atoms with Crippen molar-refractivity contribution in [2.24, 2.45) is 7.05 Å². The summed E-state index contributed by atoms with van der Waals surface area (Å²) in [4.78, 5) is 10.9. The van der Waals surface area contributed by atoms with Gasteiger partial charge in [-0.2, -0.15) is 16.9 Å². The first kappa shape index (κ1) is 15.0. The largest absolute Gasteiger partial charge is 0.478 e. The first-order valence-electron chi connectivity index (χ1n) is 5.80. The number of aromatic nitrogens is 2. The molecule has 1 rings (SSSR count). The van der Waals surface area contributed by atoms with Crippen molar-refractivity contribution in [1.29, 1.82) is 0 Å². The molecular weight excluding hydrogens is 254 g/mol. The van der Waals surface area contributed by atoms with Crippen molar-refractivity contribution in [3.8, 4) is 0 Å². The van der Waals surface area contributed by atoms with Crippen LogP contribution in [0.1, 0.15) is 22.5 Å². The number of aliphatic hydroxyl groups is 1. The summed E-state index contributed by atoms with van der Waals surface area (Å²) < 4.78 is 1.58. The standard InChI is InChI=1S/C11H19N3O3S/c1-14-10(9(7-13-14)11(16)17)8-12-3-6-18-5-2-4-15/h7,12,15H,2-6,8H2,1H3,(H,16,17). The van der Waals surface area contributed by atoms with E-state index in [1.807, 2.05) is 0 Å². The monoisotopic (exact) mass is 273 g/mol. The minimum atomic E-state index is -0.947. The topological polar surface area (TPSA) is 87.4 Å². The summed E-state index contributed by atoms with van der Waals surface area (Å²) in [5.74, 6) is 0.946. The summed E-state index contributed by atoms with van der Waals surface area (Å²) in [5, 5.41) is 24.7. The number of hydrogen-bond donors (Lipinski definition) is 3. The molecule has 0 atom stereocenters. The van der Waals surface area contributed by atoms with Crippen molar-refractivity contribution >= 4 is 17.7 Å². The zero-order valence-corrected chi connectivity index (χ0v) is 11.2. The maximum atomic E-state index is 10.9. The first-order chi connectivity index (χ1) is 8.66. The van der Waals surface area contributed by atoms with Gasteiger partial charge in [0.25, 0.3) is 0 Å². The molecule has 0 fully saturated rings. The van der Waals surface area contributed by atoms with E-state index in [1.165, 1.54) is 6.20 Å². The molecule has 0 aliphatic heterocycles. The number of carboxylic acid groups (broad SMARTS) is 1. The Labute approximate surface area is 110 Å².